The molecule has 0 fully saturated rings. The molecule has 7 heteroatoms. The molecule has 0 aliphatic carbocycles. The van der Waals surface area contributed by atoms with E-state index in [0.29, 0.717) is 33.0 Å². The van der Waals surface area contributed by atoms with Gasteiger partial charge >= 0.3 is 5.63 Å². The van der Waals surface area contributed by atoms with Crippen LogP contribution in [0.3, 0.4) is 0 Å². The number of nitrogens with zero attached hydrogens (tertiary/aromatic N) is 1. The number of anilines is 1. The Balaban J connectivity index is 1.55. The standard InChI is InChI=1S/C31H23Cl2NO4/c1-30(2)16-31(3,18-8-10-19(32)11-9-18)24-14-20(33)13-21-22(28(36)34(30)27(21)24)15-25(35)23-12-17-6-4-5-7-26(17)38-29(23)37/h4-15H,16H2,1-3H3/b22-15-. The predicted molar refractivity (Wildman–Crippen MR) is 150 cm³/mol. The molecular weight excluding hydrogens is 521 g/mol. The van der Waals surface area contributed by atoms with E-state index in [1.165, 1.54) is 12.1 Å². The average molecular weight is 544 g/mol. The molecule has 6 rings (SSSR count). The van der Waals surface area contributed by atoms with Crippen LogP contribution in [0.5, 0.6) is 0 Å². The van der Waals surface area contributed by atoms with E-state index in [0.717, 1.165) is 16.8 Å². The topological polar surface area (TPSA) is 67.6 Å². The number of para-hydroxylation sites is 1. The molecule has 2 aliphatic heterocycles. The molecule has 190 valence electrons. The third-order valence-electron chi connectivity index (χ3n) is 7.67. The summed E-state index contributed by atoms with van der Waals surface area (Å²) in [6.45, 7) is 6.17. The van der Waals surface area contributed by atoms with E-state index >= 15 is 0 Å². The van der Waals surface area contributed by atoms with Crippen molar-refractivity contribution in [3.8, 4) is 0 Å². The van der Waals surface area contributed by atoms with Crippen molar-refractivity contribution in [1.29, 1.82) is 0 Å². The summed E-state index contributed by atoms with van der Waals surface area (Å²) < 4.78 is 5.35. The van der Waals surface area contributed by atoms with Crippen molar-refractivity contribution < 1.29 is 14.0 Å². The highest BCUT2D eigenvalue weighted by atomic mass is 35.5. The maximum absolute atomic E-state index is 13.9. The van der Waals surface area contributed by atoms with Crippen LogP contribution < -0.4 is 10.5 Å². The van der Waals surface area contributed by atoms with Crippen molar-refractivity contribution in [2.24, 2.45) is 0 Å². The summed E-state index contributed by atoms with van der Waals surface area (Å²) in [4.78, 5) is 41.7. The lowest BCUT2D eigenvalue weighted by molar-refractivity contribution is -0.114. The highest BCUT2D eigenvalue weighted by Crippen LogP contribution is 2.56. The van der Waals surface area contributed by atoms with E-state index in [9.17, 15) is 14.4 Å². The van der Waals surface area contributed by atoms with Crippen LogP contribution in [0.2, 0.25) is 10.0 Å². The van der Waals surface area contributed by atoms with E-state index in [4.69, 9.17) is 27.6 Å². The Morgan fingerprint density at radius 2 is 1.66 bits per heavy atom. The molecule has 1 aromatic heterocycles. The van der Waals surface area contributed by atoms with Crippen LogP contribution in [0.1, 0.15) is 54.2 Å². The first-order chi connectivity index (χ1) is 18.0. The van der Waals surface area contributed by atoms with Crippen LogP contribution >= 0.6 is 23.2 Å². The van der Waals surface area contributed by atoms with Crippen LogP contribution in [0.4, 0.5) is 5.69 Å². The van der Waals surface area contributed by atoms with Crippen molar-refractivity contribution in [2.75, 3.05) is 4.90 Å². The summed E-state index contributed by atoms with van der Waals surface area (Å²) in [6.07, 6.45) is 1.86. The highest BCUT2D eigenvalue weighted by Gasteiger charge is 2.52. The Hall–Kier alpha value is -3.67. The molecule has 0 N–H and O–H groups in total. The summed E-state index contributed by atoms with van der Waals surface area (Å²) in [6, 6.07) is 19.8. The number of carbonyl (C=O) groups is 2. The molecule has 0 radical (unpaired) electrons. The number of amides is 1. The average Bonchev–Trinajstić information content (AvgIpc) is 3.14. The number of hydrogen-bond donors (Lipinski definition) is 0. The number of benzene rings is 3. The number of carbonyl (C=O) groups excluding carboxylic acids is 2. The Morgan fingerprint density at radius 1 is 0.947 bits per heavy atom. The summed E-state index contributed by atoms with van der Waals surface area (Å²) in [7, 11) is 0. The summed E-state index contributed by atoms with van der Waals surface area (Å²) in [5.41, 5.74) is 1.91. The third-order valence-corrected chi connectivity index (χ3v) is 8.14. The fraction of sp³-hybridized carbons (Fsp3) is 0.194. The number of allylic oxidation sites excluding steroid dienone is 1. The zero-order chi connectivity index (χ0) is 27.0. The zero-order valence-corrected chi connectivity index (χ0v) is 22.5. The Kier molecular flexibility index (Phi) is 5.46. The fourth-order valence-electron chi connectivity index (χ4n) is 6.08. The monoisotopic (exact) mass is 543 g/mol. The van der Waals surface area contributed by atoms with Gasteiger partial charge in [0.15, 0.2) is 5.78 Å². The minimum atomic E-state index is -0.750. The lowest BCUT2D eigenvalue weighted by Crippen LogP contribution is -2.54. The molecule has 5 nitrogen and oxygen atoms in total. The second kappa shape index (κ2) is 8.42. The lowest BCUT2D eigenvalue weighted by atomic mass is 9.65. The molecule has 0 saturated carbocycles. The number of hydrogen-bond acceptors (Lipinski definition) is 4. The van der Waals surface area contributed by atoms with Crippen molar-refractivity contribution in [1.82, 2.24) is 0 Å². The molecule has 1 amide bonds. The van der Waals surface area contributed by atoms with Crippen molar-refractivity contribution in [2.45, 2.75) is 38.1 Å². The third kappa shape index (κ3) is 3.64. The van der Waals surface area contributed by atoms with Crippen molar-refractivity contribution >= 4 is 57.1 Å². The molecule has 0 spiro atoms. The molecule has 0 saturated heterocycles. The van der Waals surface area contributed by atoms with Gasteiger partial charge in [-0.15, -0.1) is 0 Å². The van der Waals surface area contributed by atoms with Crippen LogP contribution in [-0.4, -0.2) is 17.2 Å². The Morgan fingerprint density at radius 3 is 2.39 bits per heavy atom. The first kappa shape index (κ1) is 24.7. The van der Waals surface area contributed by atoms with Gasteiger partial charge in [-0.2, -0.15) is 0 Å². The second-order valence-electron chi connectivity index (χ2n) is 10.7. The van der Waals surface area contributed by atoms with Gasteiger partial charge in [0.2, 0.25) is 0 Å². The van der Waals surface area contributed by atoms with Crippen LogP contribution in [0.25, 0.3) is 16.5 Å². The molecule has 3 heterocycles. The van der Waals surface area contributed by atoms with Gasteiger partial charge in [-0.25, -0.2) is 4.79 Å². The van der Waals surface area contributed by atoms with E-state index in [-0.39, 0.29) is 17.0 Å². The summed E-state index contributed by atoms with van der Waals surface area (Å²) in [5.74, 6) is -0.898. The zero-order valence-electron chi connectivity index (χ0n) is 21.0. The van der Waals surface area contributed by atoms with Crippen LogP contribution in [0.15, 0.2) is 82.0 Å². The van der Waals surface area contributed by atoms with Gasteiger partial charge in [0.05, 0.1) is 11.3 Å². The first-order valence-electron chi connectivity index (χ1n) is 12.2. The lowest BCUT2D eigenvalue weighted by Gasteiger charge is -2.49. The number of ketones is 1. The van der Waals surface area contributed by atoms with Gasteiger partial charge in [0, 0.05) is 31.9 Å². The summed E-state index contributed by atoms with van der Waals surface area (Å²) in [5, 5.41) is 1.72. The van der Waals surface area contributed by atoms with Gasteiger partial charge in [0.1, 0.15) is 11.1 Å². The van der Waals surface area contributed by atoms with E-state index in [2.05, 4.69) is 6.92 Å². The molecule has 0 bridgehead atoms. The van der Waals surface area contributed by atoms with Crippen molar-refractivity contribution in [3.05, 3.63) is 116 Å². The number of fused-ring (bicyclic) bond motifs is 1. The maximum atomic E-state index is 13.9. The van der Waals surface area contributed by atoms with Gasteiger partial charge in [0.25, 0.3) is 5.91 Å². The number of halogens is 2. The van der Waals surface area contributed by atoms with Gasteiger partial charge < -0.3 is 9.32 Å². The molecule has 1 atom stereocenters. The maximum Gasteiger partial charge on any atom is 0.347 e. The normalized spacial score (nSPS) is 20.7. The smallest absolute Gasteiger partial charge is 0.347 e. The largest absolute Gasteiger partial charge is 0.422 e. The van der Waals surface area contributed by atoms with Gasteiger partial charge in [-0.1, -0.05) is 60.5 Å². The number of rotatable bonds is 3. The Labute approximate surface area is 229 Å². The second-order valence-corrected chi connectivity index (χ2v) is 11.6. The first-order valence-corrected chi connectivity index (χ1v) is 13.0. The van der Waals surface area contributed by atoms with Gasteiger partial charge in [-0.05, 0) is 73.9 Å². The van der Waals surface area contributed by atoms with E-state index < -0.39 is 22.4 Å². The van der Waals surface area contributed by atoms with E-state index in [1.54, 1.807) is 35.2 Å². The molecule has 4 aromatic rings. The van der Waals surface area contributed by atoms with Crippen LogP contribution in [0, 0.1) is 0 Å². The quantitative estimate of drug-likeness (QED) is 0.155. The predicted octanol–water partition coefficient (Wildman–Crippen LogP) is 7.20. The fourth-order valence-corrected chi connectivity index (χ4v) is 6.42. The molecule has 3 aromatic carbocycles. The minimum absolute atomic E-state index is 0.133. The van der Waals surface area contributed by atoms with E-state index in [1.807, 2.05) is 44.2 Å². The van der Waals surface area contributed by atoms with Crippen molar-refractivity contribution in [3.63, 3.8) is 0 Å². The molecular formula is C31H23Cl2NO4. The SMILES string of the molecule is CC1(c2ccc(Cl)cc2)CC(C)(C)N2C(=O)/C(=C\C(=O)c3cc4ccccc4oc3=O)c3cc(Cl)cc1c32. The van der Waals surface area contributed by atoms with Gasteiger partial charge in [-0.3, -0.25) is 9.59 Å². The molecule has 1 unspecified atom stereocenters. The molecule has 38 heavy (non-hydrogen) atoms. The Bertz CT molecular complexity index is 1770. The highest BCUT2D eigenvalue weighted by molar-refractivity contribution is 6.38. The minimum Gasteiger partial charge on any atom is -0.422 e. The summed E-state index contributed by atoms with van der Waals surface area (Å²) >= 11 is 12.8. The molecule has 2 aliphatic rings. The van der Waals surface area contributed by atoms with Crippen LogP contribution in [-0.2, 0) is 10.2 Å².